The summed E-state index contributed by atoms with van der Waals surface area (Å²) in [5, 5.41) is 12.3. The summed E-state index contributed by atoms with van der Waals surface area (Å²) in [5.41, 5.74) is 6.19. The van der Waals surface area contributed by atoms with E-state index in [2.05, 4.69) is 5.32 Å². The molecule has 4 heteroatoms. The number of aliphatic hydroxyl groups excluding tert-OH is 1. The third kappa shape index (κ3) is 4.91. The summed E-state index contributed by atoms with van der Waals surface area (Å²) in [5.74, 6) is -0.330. The molecule has 0 aliphatic rings. The van der Waals surface area contributed by atoms with Crippen molar-refractivity contribution in [1.82, 2.24) is 5.32 Å². The first-order chi connectivity index (χ1) is 7.72. The molecule has 1 aromatic rings. The fraction of sp³-hybridized carbons (Fsp3) is 0.417. The molecule has 88 valence electrons. The van der Waals surface area contributed by atoms with E-state index in [1.54, 1.807) is 0 Å². The Kier molecular flexibility index (Phi) is 5.53. The predicted octanol–water partition coefficient (Wildman–Crippen LogP) is 0.0550. The average molecular weight is 222 g/mol. The van der Waals surface area contributed by atoms with Crippen molar-refractivity contribution >= 4 is 5.91 Å². The summed E-state index contributed by atoms with van der Waals surface area (Å²) in [6.45, 7) is 0.557. The highest BCUT2D eigenvalue weighted by atomic mass is 16.3. The molecule has 16 heavy (non-hydrogen) atoms. The normalized spacial score (nSPS) is 12.3. The van der Waals surface area contributed by atoms with Crippen molar-refractivity contribution in [3.63, 3.8) is 0 Å². The van der Waals surface area contributed by atoms with Crippen LogP contribution >= 0.6 is 0 Å². The highest BCUT2D eigenvalue weighted by molar-refractivity contribution is 5.73. The van der Waals surface area contributed by atoms with E-state index in [4.69, 9.17) is 5.73 Å². The fourth-order valence-electron chi connectivity index (χ4n) is 1.50. The van der Waals surface area contributed by atoms with Crippen molar-refractivity contribution in [2.24, 2.45) is 5.73 Å². The summed E-state index contributed by atoms with van der Waals surface area (Å²) in [7, 11) is 0. The SMILES string of the molecule is NC(=O)CCN[C@H](CO)Cc1ccccc1. The maximum Gasteiger partial charge on any atom is 0.218 e. The third-order valence-corrected chi connectivity index (χ3v) is 2.35. The zero-order chi connectivity index (χ0) is 11.8. The Morgan fingerprint density at radius 3 is 2.62 bits per heavy atom. The van der Waals surface area contributed by atoms with Crippen LogP contribution in [-0.2, 0) is 11.2 Å². The predicted molar refractivity (Wildman–Crippen MR) is 62.8 cm³/mol. The van der Waals surface area contributed by atoms with Crippen LogP contribution in [0.1, 0.15) is 12.0 Å². The monoisotopic (exact) mass is 222 g/mol. The van der Waals surface area contributed by atoms with Gasteiger partial charge in [-0.3, -0.25) is 4.79 Å². The average Bonchev–Trinajstić information content (AvgIpc) is 2.28. The number of primary amides is 1. The first-order valence-corrected chi connectivity index (χ1v) is 5.39. The van der Waals surface area contributed by atoms with E-state index in [0.29, 0.717) is 13.0 Å². The Labute approximate surface area is 95.5 Å². The number of carbonyl (C=O) groups excluding carboxylic acids is 1. The van der Waals surface area contributed by atoms with Crippen molar-refractivity contribution < 1.29 is 9.90 Å². The van der Waals surface area contributed by atoms with Gasteiger partial charge in [0.1, 0.15) is 0 Å². The van der Waals surface area contributed by atoms with Gasteiger partial charge in [-0.15, -0.1) is 0 Å². The van der Waals surface area contributed by atoms with Gasteiger partial charge in [0.25, 0.3) is 0 Å². The van der Waals surface area contributed by atoms with Gasteiger partial charge >= 0.3 is 0 Å². The second-order valence-corrected chi connectivity index (χ2v) is 3.74. The minimum Gasteiger partial charge on any atom is -0.395 e. The molecule has 1 amide bonds. The molecule has 0 aliphatic heterocycles. The van der Waals surface area contributed by atoms with Crippen LogP contribution in [0, 0.1) is 0 Å². The zero-order valence-corrected chi connectivity index (χ0v) is 9.23. The minimum atomic E-state index is -0.330. The Bertz CT molecular complexity index is 314. The second-order valence-electron chi connectivity index (χ2n) is 3.74. The number of benzene rings is 1. The summed E-state index contributed by atoms with van der Waals surface area (Å²) >= 11 is 0. The van der Waals surface area contributed by atoms with Crippen LogP contribution in [0.15, 0.2) is 30.3 Å². The van der Waals surface area contributed by atoms with E-state index >= 15 is 0 Å². The number of nitrogens with two attached hydrogens (primary N) is 1. The molecule has 0 aliphatic carbocycles. The number of aliphatic hydroxyl groups is 1. The van der Waals surface area contributed by atoms with Gasteiger partial charge < -0.3 is 16.2 Å². The molecule has 4 N–H and O–H groups in total. The lowest BCUT2D eigenvalue weighted by Crippen LogP contribution is -2.36. The first kappa shape index (κ1) is 12.7. The Balaban J connectivity index is 2.34. The quantitative estimate of drug-likeness (QED) is 0.610. The van der Waals surface area contributed by atoms with Crippen molar-refractivity contribution in [3.05, 3.63) is 35.9 Å². The Morgan fingerprint density at radius 1 is 1.38 bits per heavy atom. The van der Waals surface area contributed by atoms with Crippen LogP contribution < -0.4 is 11.1 Å². The summed E-state index contributed by atoms with van der Waals surface area (Å²) < 4.78 is 0. The summed E-state index contributed by atoms with van der Waals surface area (Å²) in [6.07, 6.45) is 1.04. The molecular formula is C12H18N2O2. The van der Waals surface area contributed by atoms with Gasteiger partial charge in [-0.2, -0.15) is 0 Å². The molecule has 1 aromatic carbocycles. The topological polar surface area (TPSA) is 75.4 Å². The lowest BCUT2D eigenvalue weighted by molar-refractivity contribution is -0.117. The number of rotatable bonds is 7. The van der Waals surface area contributed by atoms with Gasteiger partial charge in [0.15, 0.2) is 0 Å². The van der Waals surface area contributed by atoms with Crippen LogP contribution in [0.2, 0.25) is 0 Å². The van der Waals surface area contributed by atoms with E-state index in [9.17, 15) is 9.90 Å². The Morgan fingerprint density at radius 2 is 2.06 bits per heavy atom. The molecule has 0 heterocycles. The molecule has 0 aromatic heterocycles. The number of amides is 1. The fourth-order valence-corrected chi connectivity index (χ4v) is 1.50. The smallest absolute Gasteiger partial charge is 0.218 e. The number of nitrogens with one attached hydrogen (secondary N) is 1. The van der Waals surface area contributed by atoms with E-state index in [1.165, 1.54) is 0 Å². The second kappa shape index (κ2) is 6.98. The van der Waals surface area contributed by atoms with Crippen molar-refractivity contribution in [1.29, 1.82) is 0 Å². The van der Waals surface area contributed by atoms with Crippen LogP contribution in [0.3, 0.4) is 0 Å². The van der Waals surface area contributed by atoms with Crippen LogP contribution in [0.25, 0.3) is 0 Å². The largest absolute Gasteiger partial charge is 0.395 e. The molecule has 4 nitrogen and oxygen atoms in total. The molecule has 0 spiro atoms. The van der Waals surface area contributed by atoms with Gasteiger partial charge in [-0.1, -0.05) is 30.3 Å². The highest BCUT2D eigenvalue weighted by Crippen LogP contribution is 2.02. The summed E-state index contributed by atoms with van der Waals surface area (Å²) in [6, 6.07) is 9.89. The van der Waals surface area contributed by atoms with Gasteiger partial charge in [0, 0.05) is 19.0 Å². The van der Waals surface area contributed by atoms with Gasteiger partial charge in [-0.25, -0.2) is 0 Å². The number of hydrogen-bond acceptors (Lipinski definition) is 3. The van der Waals surface area contributed by atoms with Crippen molar-refractivity contribution in [3.8, 4) is 0 Å². The molecule has 1 rings (SSSR count). The van der Waals surface area contributed by atoms with Crippen LogP contribution in [-0.4, -0.2) is 30.2 Å². The zero-order valence-electron chi connectivity index (χ0n) is 9.23. The lowest BCUT2D eigenvalue weighted by atomic mass is 10.1. The van der Waals surface area contributed by atoms with Crippen LogP contribution in [0.4, 0.5) is 0 Å². The lowest BCUT2D eigenvalue weighted by Gasteiger charge is -2.15. The molecule has 0 unspecified atom stereocenters. The maximum atomic E-state index is 10.5. The molecule has 1 atom stereocenters. The molecule has 0 bridgehead atoms. The number of carbonyl (C=O) groups is 1. The highest BCUT2D eigenvalue weighted by Gasteiger charge is 2.07. The molecule has 0 saturated carbocycles. The van der Waals surface area contributed by atoms with Gasteiger partial charge in [0.2, 0.25) is 5.91 Å². The van der Waals surface area contributed by atoms with Gasteiger partial charge in [-0.05, 0) is 12.0 Å². The number of hydrogen-bond donors (Lipinski definition) is 3. The van der Waals surface area contributed by atoms with Crippen molar-refractivity contribution in [2.45, 2.75) is 18.9 Å². The van der Waals surface area contributed by atoms with Crippen molar-refractivity contribution in [2.75, 3.05) is 13.2 Å². The minimum absolute atomic E-state index is 0.0262. The third-order valence-electron chi connectivity index (χ3n) is 2.35. The van der Waals surface area contributed by atoms with E-state index in [-0.39, 0.29) is 18.6 Å². The molecular weight excluding hydrogens is 204 g/mol. The standard InChI is InChI=1S/C12H18N2O2/c13-12(16)6-7-14-11(9-15)8-10-4-2-1-3-5-10/h1-5,11,14-15H,6-9H2,(H2,13,16)/t11-/m0/s1. The first-order valence-electron chi connectivity index (χ1n) is 5.39. The van der Waals surface area contributed by atoms with E-state index in [0.717, 1.165) is 12.0 Å². The van der Waals surface area contributed by atoms with E-state index < -0.39 is 0 Å². The summed E-state index contributed by atoms with van der Waals surface area (Å²) in [4.78, 5) is 10.5. The van der Waals surface area contributed by atoms with E-state index in [1.807, 2.05) is 30.3 Å². The maximum absolute atomic E-state index is 10.5. The molecule has 0 saturated heterocycles. The molecule has 0 radical (unpaired) electrons. The van der Waals surface area contributed by atoms with Crippen LogP contribution in [0.5, 0.6) is 0 Å². The Hall–Kier alpha value is -1.39. The van der Waals surface area contributed by atoms with Gasteiger partial charge in [0.05, 0.1) is 6.61 Å². The molecule has 0 fully saturated rings.